The van der Waals surface area contributed by atoms with Crippen LogP contribution in [0.25, 0.3) is 0 Å². The third-order valence-electron chi connectivity index (χ3n) is 3.61. The van der Waals surface area contributed by atoms with Crippen LogP contribution in [-0.4, -0.2) is 36.1 Å². The lowest BCUT2D eigenvalue weighted by molar-refractivity contribution is -0.121. The van der Waals surface area contributed by atoms with Gasteiger partial charge >= 0.3 is 0 Å². The van der Waals surface area contributed by atoms with Gasteiger partial charge in [0.1, 0.15) is 5.84 Å². The van der Waals surface area contributed by atoms with Crippen molar-refractivity contribution in [3.8, 4) is 0 Å². The zero-order chi connectivity index (χ0) is 13.0. The molecule has 0 heterocycles. The maximum absolute atomic E-state index is 11.4. The van der Waals surface area contributed by atoms with Gasteiger partial charge in [0.25, 0.3) is 0 Å². The van der Waals surface area contributed by atoms with Crippen LogP contribution in [0.5, 0.6) is 0 Å². The first-order valence-corrected chi connectivity index (χ1v) is 6.60. The van der Waals surface area contributed by atoms with Crippen LogP contribution in [-0.2, 0) is 4.79 Å². The molecule has 6 nitrogen and oxygen atoms in total. The molecular formula is C12H22N4O2. The number of hydrogen-bond acceptors (Lipinski definition) is 4. The topological polar surface area (TPSA) is 99.7 Å². The Balaban J connectivity index is 1.56. The Morgan fingerprint density at radius 3 is 2.72 bits per heavy atom. The molecule has 2 rings (SSSR count). The van der Waals surface area contributed by atoms with E-state index >= 15 is 0 Å². The molecule has 2 saturated carbocycles. The van der Waals surface area contributed by atoms with E-state index < -0.39 is 0 Å². The second kappa shape index (κ2) is 5.56. The first-order chi connectivity index (χ1) is 8.63. The molecule has 102 valence electrons. The van der Waals surface area contributed by atoms with Gasteiger partial charge in [0, 0.05) is 32.0 Å². The van der Waals surface area contributed by atoms with Crippen LogP contribution in [0.2, 0.25) is 0 Å². The van der Waals surface area contributed by atoms with E-state index in [4.69, 9.17) is 10.9 Å². The first kappa shape index (κ1) is 13.1. The number of carbonyl (C=O) groups is 1. The zero-order valence-electron chi connectivity index (χ0n) is 10.6. The van der Waals surface area contributed by atoms with Crippen molar-refractivity contribution in [2.24, 2.45) is 16.3 Å². The van der Waals surface area contributed by atoms with Gasteiger partial charge in [0.2, 0.25) is 5.91 Å². The summed E-state index contributed by atoms with van der Waals surface area (Å²) in [7, 11) is 0. The van der Waals surface area contributed by atoms with Crippen molar-refractivity contribution < 1.29 is 10.0 Å². The van der Waals surface area contributed by atoms with Crippen molar-refractivity contribution in [2.45, 2.75) is 44.6 Å². The second-order valence-corrected chi connectivity index (χ2v) is 5.54. The van der Waals surface area contributed by atoms with E-state index in [0.717, 1.165) is 32.2 Å². The number of hydrogen-bond donors (Lipinski definition) is 4. The molecule has 2 aliphatic carbocycles. The average Bonchev–Trinajstić information content (AvgIpc) is 3.23. The van der Waals surface area contributed by atoms with Crippen LogP contribution < -0.4 is 16.4 Å². The Hall–Kier alpha value is -1.30. The lowest BCUT2D eigenvalue weighted by Crippen LogP contribution is -2.32. The van der Waals surface area contributed by atoms with Crippen molar-refractivity contribution in [1.29, 1.82) is 0 Å². The lowest BCUT2D eigenvalue weighted by atomic mass is 10.0. The van der Waals surface area contributed by atoms with E-state index in [-0.39, 0.29) is 11.3 Å². The van der Waals surface area contributed by atoms with Crippen LogP contribution in [0.15, 0.2) is 5.16 Å². The van der Waals surface area contributed by atoms with Crippen LogP contribution in [0, 0.1) is 5.41 Å². The van der Waals surface area contributed by atoms with Crippen molar-refractivity contribution in [3.63, 3.8) is 0 Å². The van der Waals surface area contributed by atoms with Gasteiger partial charge in [-0.25, -0.2) is 0 Å². The summed E-state index contributed by atoms with van der Waals surface area (Å²) in [5, 5.41) is 17.8. The molecule has 6 heteroatoms. The predicted molar refractivity (Wildman–Crippen MR) is 68.3 cm³/mol. The maximum atomic E-state index is 11.4. The Morgan fingerprint density at radius 1 is 1.44 bits per heavy atom. The Bertz CT molecular complexity index is 335. The average molecular weight is 254 g/mol. The SMILES string of the molecule is NC(CC1(CNCCC(=O)NC2CC2)CC1)=NO. The monoisotopic (exact) mass is 254 g/mol. The van der Waals surface area contributed by atoms with Crippen molar-refractivity contribution in [3.05, 3.63) is 0 Å². The van der Waals surface area contributed by atoms with Gasteiger partial charge in [-0.2, -0.15) is 0 Å². The molecule has 0 atom stereocenters. The van der Waals surface area contributed by atoms with Gasteiger partial charge < -0.3 is 21.6 Å². The molecule has 0 bridgehead atoms. The normalized spacial score (nSPS) is 21.7. The Morgan fingerprint density at radius 2 is 2.17 bits per heavy atom. The van der Waals surface area contributed by atoms with Crippen LogP contribution >= 0.6 is 0 Å². The minimum Gasteiger partial charge on any atom is -0.409 e. The highest BCUT2D eigenvalue weighted by Gasteiger charge is 2.42. The predicted octanol–water partition coefficient (Wildman–Crippen LogP) is 0.161. The molecule has 5 N–H and O–H groups in total. The van der Waals surface area contributed by atoms with E-state index in [9.17, 15) is 4.79 Å². The third kappa shape index (κ3) is 4.18. The fourth-order valence-electron chi connectivity index (χ4n) is 2.10. The summed E-state index contributed by atoms with van der Waals surface area (Å²) in [6.45, 7) is 1.52. The quantitative estimate of drug-likeness (QED) is 0.163. The van der Waals surface area contributed by atoms with Crippen LogP contribution in [0.4, 0.5) is 0 Å². The minimum absolute atomic E-state index is 0.131. The van der Waals surface area contributed by atoms with Gasteiger partial charge in [-0.3, -0.25) is 4.79 Å². The summed E-state index contributed by atoms with van der Waals surface area (Å²) >= 11 is 0. The number of nitrogens with two attached hydrogens (primary N) is 1. The van der Waals surface area contributed by atoms with Crippen LogP contribution in [0.1, 0.15) is 38.5 Å². The molecule has 0 saturated heterocycles. The van der Waals surface area contributed by atoms with E-state index in [1.54, 1.807) is 0 Å². The number of nitrogens with zero attached hydrogens (tertiary/aromatic N) is 1. The number of amides is 1. The largest absolute Gasteiger partial charge is 0.409 e. The fraction of sp³-hybridized carbons (Fsp3) is 0.833. The van der Waals surface area contributed by atoms with Crippen molar-refractivity contribution in [1.82, 2.24) is 10.6 Å². The summed E-state index contributed by atoms with van der Waals surface area (Å²) < 4.78 is 0. The smallest absolute Gasteiger partial charge is 0.221 e. The molecule has 0 unspecified atom stereocenters. The molecule has 0 aliphatic heterocycles. The van der Waals surface area contributed by atoms with Gasteiger partial charge in [0.15, 0.2) is 0 Å². The summed E-state index contributed by atoms with van der Waals surface area (Å²) in [4.78, 5) is 11.4. The number of nitrogens with one attached hydrogen (secondary N) is 2. The van der Waals surface area contributed by atoms with Gasteiger partial charge in [0.05, 0.1) is 0 Å². The molecule has 0 aromatic rings. The van der Waals surface area contributed by atoms with Gasteiger partial charge in [-0.15, -0.1) is 0 Å². The Labute approximate surface area is 107 Å². The van der Waals surface area contributed by atoms with Gasteiger partial charge in [-0.1, -0.05) is 5.16 Å². The van der Waals surface area contributed by atoms with E-state index in [1.165, 1.54) is 0 Å². The molecule has 2 fully saturated rings. The molecule has 0 aromatic carbocycles. The fourth-order valence-corrected chi connectivity index (χ4v) is 2.10. The molecule has 0 aromatic heterocycles. The minimum atomic E-state index is 0.131. The number of rotatable bonds is 8. The van der Waals surface area contributed by atoms with Crippen LogP contribution in [0.3, 0.4) is 0 Å². The molecule has 1 amide bonds. The summed E-state index contributed by atoms with van der Waals surface area (Å²) in [5.41, 5.74) is 5.68. The highest BCUT2D eigenvalue weighted by Crippen LogP contribution is 2.48. The van der Waals surface area contributed by atoms with E-state index in [1.807, 2.05) is 0 Å². The zero-order valence-corrected chi connectivity index (χ0v) is 10.6. The van der Waals surface area contributed by atoms with E-state index in [0.29, 0.717) is 31.3 Å². The molecule has 0 radical (unpaired) electrons. The standard InChI is InChI=1S/C12H22N4O2/c13-10(16-18)7-12(4-5-12)8-14-6-3-11(17)15-9-1-2-9/h9,14,18H,1-8H2,(H2,13,16)(H,15,17). The van der Waals surface area contributed by atoms with Crippen molar-refractivity contribution in [2.75, 3.05) is 13.1 Å². The highest BCUT2D eigenvalue weighted by molar-refractivity contribution is 5.80. The van der Waals surface area contributed by atoms with E-state index in [2.05, 4.69) is 15.8 Å². The third-order valence-corrected chi connectivity index (χ3v) is 3.61. The maximum Gasteiger partial charge on any atom is 0.221 e. The molecular weight excluding hydrogens is 232 g/mol. The highest BCUT2D eigenvalue weighted by atomic mass is 16.4. The second-order valence-electron chi connectivity index (χ2n) is 5.54. The summed E-state index contributed by atoms with van der Waals surface area (Å²) in [6.07, 6.45) is 5.61. The van der Waals surface area contributed by atoms with Crippen molar-refractivity contribution >= 4 is 11.7 Å². The number of oxime groups is 1. The number of amidine groups is 1. The Kier molecular flexibility index (Phi) is 4.06. The molecule has 2 aliphatic rings. The summed E-state index contributed by atoms with van der Waals surface area (Å²) in [6, 6.07) is 0.438. The lowest BCUT2D eigenvalue weighted by Gasteiger charge is -2.14. The first-order valence-electron chi connectivity index (χ1n) is 6.60. The molecule has 18 heavy (non-hydrogen) atoms. The summed E-state index contributed by atoms with van der Waals surface area (Å²) in [5.74, 6) is 0.423. The number of carbonyl (C=O) groups excluding carboxylic acids is 1. The van der Waals surface area contributed by atoms with Gasteiger partial charge in [-0.05, 0) is 31.1 Å². The molecule has 0 spiro atoms.